The van der Waals surface area contributed by atoms with Crippen LogP contribution < -0.4 is 0 Å². The van der Waals surface area contributed by atoms with Gasteiger partial charge in [-0.1, -0.05) is 43.6 Å². The van der Waals surface area contributed by atoms with Crippen LogP contribution >= 0.6 is 23.4 Å². The number of carbonyl (C=O) groups excluding carboxylic acids is 1. The van der Waals surface area contributed by atoms with Crippen LogP contribution in [0, 0.1) is 17.6 Å². The molecule has 0 aromatic heterocycles. The van der Waals surface area contributed by atoms with Crippen molar-refractivity contribution >= 4 is 46.2 Å². The summed E-state index contributed by atoms with van der Waals surface area (Å²) >= 11 is 7.33. The second kappa shape index (κ2) is 8.23. The number of halogens is 3. The maximum absolute atomic E-state index is 14.0. The third-order valence-electron chi connectivity index (χ3n) is 3.75. The molecule has 0 aliphatic carbocycles. The number of thioether (sulfide) groups is 1. The van der Waals surface area contributed by atoms with Crippen molar-refractivity contribution in [2.75, 3.05) is 6.54 Å². The van der Waals surface area contributed by atoms with E-state index < -0.39 is 11.6 Å². The van der Waals surface area contributed by atoms with Crippen molar-refractivity contribution in [1.82, 2.24) is 4.90 Å². The summed E-state index contributed by atoms with van der Waals surface area (Å²) in [5, 5.41) is 0.890. The number of hydrogen-bond donors (Lipinski definition) is 0. The molecule has 0 unspecified atom stereocenters. The van der Waals surface area contributed by atoms with Crippen molar-refractivity contribution < 1.29 is 13.6 Å². The molecule has 0 radical (unpaired) electrons. The molecule has 2 aromatic carbocycles. The van der Waals surface area contributed by atoms with Crippen molar-refractivity contribution in [3.8, 4) is 0 Å². The summed E-state index contributed by atoms with van der Waals surface area (Å²) in [5.74, 6) is -1.47. The summed E-state index contributed by atoms with van der Waals surface area (Å²) in [6.07, 6.45) is 1.70. The first kappa shape index (κ1) is 19.6. The predicted molar refractivity (Wildman–Crippen MR) is 107 cm³/mol. The predicted octanol–water partition coefficient (Wildman–Crippen LogP) is 5.88. The molecule has 27 heavy (non-hydrogen) atoms. The van der Waals surface area contributed by atoms with Gasteiger partial charge in [-0.3, -0.25) is 9.69 Å². The van der Waals surface area contributed by atoms with Crippen LogP contribution in [-0.2, 0) is 4.79 Å². The van der Waals surface area contributed by atoms with Crippen LogP contribution in [0.2, 0.25) is 5.02 Å². The van der Waals surface area contributed by atoms with E-state index in [1.807, 2.05) is 32.0 Å². The van der Waals surface area contributed by atoms with E-state index in [2.05, 4.69) is 4.99 Å². The topological polar surface area (TPSA) is 32.7 Å². The van der Waals surface area contributed by atoms with Crippen molar-refractivity contribution in [1.29, 1.82) is 0 Å². The number of aliphatic imine (C=N–C) groups is 1. The van der Waals surface area contributed by atoms with Gasteiger partial charge in [0.25, 0.3) is 5.91 Å². The lowest BCUT2D eigenvalue weighted by molar-refractivity contribution is -0.122. The normalized spacial score (nSPS) is 17.6. The molecular weight excluding hydrogens is 390 g/mol. The Morgan fingerprint density at radius 3 is 2.63 bits per heavy atom. The molecule has 0 saturated carbocycles. The van der Waals surface area contributed by atoms with Crippen molar-refractivity contribution in [2.45, 2.75) is 13.8 Å². The van der Waals surface area contributed by atoms with Gasteiger partial charge in [-0.25, -0.2) is 13.8 Å². The first-order chi connectivity index (χ1) is 12.8. The lowest BCUT2D eigenvalue weighted by atomic mass is 10.2. The molecule has 1 amide bonds. The number of benzene rings is 2. The van der Waals surface area contributed by atoms with Crippen LogP contribution in [0.3, 0.4) is 0 Å². The van der Waals surface area contributed by atoms with Gasteiger partial charge < -0.3 is 0 Å². The molecule has 0 spiro atoms. The molecule has 1 heterocycles. The first-order valence-electron chi connectivity index (χ1n) is 8.35. The third kappa shape index (κ3) is 4.57. The van der Waals surface area contributed by atoms with Gasteiger partial charge in [-0.05, 0) is 47.5 Å². The standard InChI is InChI=1S/C20H17ClF2N2OS/c1-12(2)11-25-19(26)18(9-13-5-3-4-6-15(13)21)27-20(25)24-17-8-7-14(22)10-16(17)23/h3-10,12H,11H2,1-2H3/b18-9+,24-20?. The van der Waals surface area contributed by atoms with E-state index in [0.717, 1.165) is 23.9 Å². The van der Waals surface area contributed by atoms with Gasteiger partial charge in [-0.15, -0.1) is 0 Å². The van der Waals surface area contributed by atoms with E-state index in [1.165, 1.54) is 11.0 Å². The van der Waals surface area contributed by atoms with E-state index >= 15 is 0 Å². The number of nitrogens with zero attached hydrogens (tertiary/aromatic N) is 2. The van der Waals surface area contributed by atoms with Crippen LogP contribution in [0.5, 0.6) is 0 Å². The summed E-state index contributed by atoms with van der Waals surface area (Å²) in [6, 6.07) is 10.4. The number of carbonyl (C=O) groups is 1. The lowest BCUT2D eigenvalue weighted by Crippen LogP contribution is -2.32. The van der Waals surface area contributed by atoms with Crippen molar-refractivity contribution in [3.63, 3.8) is 0 Å². The quantitative estimate of drug-likeness (QED) is 0.594. The van der Waals surface area contributed by atoms with Crippen LogP contribution in [0.25, 0.3) is 6.08 Å². The summed E-state index contributed by atoms with van der Waals surface area (Å²) in [6.45, 7) is 4.39. The van der Waals surface area contributed by atoms with Gasteiger partial charge in [0, 0.05) is 17.6 Å². The molecular formula is C20H17ClF2N2OS. The molecule has 0 bridgehead atoms. The largest absolute Gasteiger partial charge is 0.286 e. The van der Waals surface area contributed by atoms with Gasteiger partial charge in [0.15, 0.2) is 11.0 Å². The minimum absolute atomic E-state index is 0.0144. The molecule has 1 aliphatic rings. The summed E-state index contributed by atoms with van der Waals surface area (Å²) in [4.78, 5) is 19.1. The second-order valence-electron chi connectivity index (χ2n) is 6.43. The average molecular weight is 407 g/mol. The molecule has 1 aliphatic heterocycles. The Kier molecular flexibility index (Phi) is 5.97. The fourth-order valence-corrected chi connectivity index (χ4v) is 3.71. The van der Waals surface area contributed by atoms with E-state index in [1.54, 1.807) is 12.1 Å². The van der Waals surface area contributed by atoms with Crippen LogP contribution in [0.15, 0.2) is 52.4 Å². The molecule has 0 N–H and O–H groups in total. The van der Waals surface area contributed by atoms with E-state index in [4.69, 9.17) is 11.6 Å². The van der Waals surface area contributed by atoms with Gasteiger partial charge in [-0.2, -0.15) is 0 Å². The highest BCUT2D eigenvalue weighted by Gasteiger charge is 2.34. The maximum Gasteiger partial charge on any atom is 0.266 e. The van der Waals surface area contributed by atoms with Crippen LogP contribution in [-0.4, -0.2) is 22.5 Å². The highest BCUT2D eigenvalue weighted by atomic mass is 35.5. The van der Waals surface area contributed by atoms with Crippen molar-refractivity contribution in [2.24, 2.45) is 10.9 Å². The zero-order chi connectivity index (χ0) is 19.6. The lowest BCUT2D eigenvalue weighted by Gasteiger charge is -2.17. The van der Waals surface area contributed by atoms with Gasteiger partial charge >= 0.3 is 0 Å². The Bertz CT molecular complexity index is 943. The average Bonchev–Trinajstić information content (AvgIpc) is 2.88. The minimum Gasteiger partial charge on any atom is -0.286 e. The van der Waals surface area contributed by atoms with Crippen LogP contribution in [0.4, 0.5) is 14.5 Å². The highest BCUT2D eigenvalue weighted by Crippen LogP contribution is 2.36. The van der Waals surface area contributed by atoms with Crippen molar-refractivity contribution in [3.05, 3.63) is 69.6 Å². The van der Waals surface area contributed by atoms with Gasteiger partial charge in [0.1, 0.15) is 11.5 Å². The second-order valence-corrected chi connectivity index (χ2v) is 7.85. The first-order valence-corrected chi connectivity index (χ1v) is 9.54. The number of rotatable bonds is 4. The Hall–Kier alpha value is -2.18. The molecule has 140 valence electrons. The summed E-state index contributed by atoms with van der Waals surface area (Å²) in [7, 11) is 0. The number of hydrogen-bond acceptors (Lipinski definition) is 3. The van der Waals surface area contributed by atoms with E-state index in [9.17, 15) is 13.6 Å². The monoisotopic (exact) mass is 406 g/mol. The Morgan fingerprint density at radius 1 is 1.22 bits per heavy atom. The summed E-state index contributed by atoms with van der Waals surface area (Å²) in [5.41, 5.74) is 0.702. The zero-order valence-corrected chi connectivity index (χ0v) is 16.3. The minimum atomic E-state index is -0.774. The highest BCUT2D eigenvalue weighted by molar-refractivity contribution is 8.18. The third-order valence-corrected chi connectivity index (χ3v) is 5.10. The molecule has 2 aromatic rings. The summed E-state index contributed by atoms with van der Waals surface area (Å²) < 4.78 is 27.1. The molecule has 3 rings (SSSR count). The van der Waals surface area contributed by atoms with E-state index in [0.29, 0.717) is 27.2 Å². The number of amidine groups is 1. The maximum atomic E-state index is 14.0. The number of amides is 1. The smallest absolute Gasteiger partial charge is 0.266 e. The molecule has 1 fully saturated rings. The van der Waals surface area contributed by atoms with Crippen LogP contribution in [0.1, 0.15) is 19.4 Å². The Labute approximate surface area is 165 Å². The molecule has 1 saturated heterocycles. The Balaban J connectivity index is 2.00. The van der Waals surface area contributed by atoms with Gasteiger partial charge in [0.05, 0.1) is 4.91 Å². The van der Waals surface area contributed by atoms with Gasteiger partial charge in [0.2, 0.25) is 0 Å². The SMILES string of the molecule is CC(C)CN1C(=O)/C(=C\c2ccccc2Cl)SC1=Nc1ccc(F)cc1F. The zero-order valence-electron chi connectivity index (χ0n) is 14.7. The molecule has 0 atom stereocenters. The van der Waals surface area contributed by atoms with E-state index in [-0.39, 0.29) is 17.5 Å². The Morgan fingerprint density at radius 2 is 1.96 bits per heavy atom. The fraction of sp³-hybridized carbons (Fsp3) is 0.200. The molecule has 7 heteroatoms. The molecule has 3 nitrogen and oxygen atoms in total. The fourth-order valence-electron chi connectivity index (χ4n) is 2.53.